The van der Waals surface area contributed by atoms with Crippen molar-refractivity contribution in [3.05, 3.63) is 24.3 Å². The summed E-state index contributed by atoms with van der Waals surface area (Å²) in [6.45, 7) is 1.66. The van der Waals surface area contributed by atoms with Crippen molar-refractivity contribution in [3.8, 4) is 0 Å². The predicted molar refractivity (Wildman–Crippen MR) is 81.4 cm³/mol. The van der Waals surface area contributed by atoms with Gasteiger partial charge in [0.05, 0.1) is 11.8 Å². The van der Waals surface area contributed by atoms with Crippen molar-refractivity contribution in [2.24, 2.45) is 0 Å². The number of para-hydroxylation sites is 1. The van der Waals surface area contributed by atoms with Gasteiger partial charge in [-0.3, -0.25) is 0 Å². The lowest BCUT2D eigenvalue weighted by atomic mass is 10.2. The van der Waals surface area contributed by atoms with Gasteiger partial charge in [0.25, 0.3) is 0 Å². The van der Waals surface area contributed by atoms with Crippen molar-refractivity contribution in [1.29, 1.82) is 0 Å². The normalized spacial score (nSPS) is 18.6. The molecule has 0 saturated carbocycles. The Kier molecular flexibility index (Phi) is 5.28. The zero-order chi connectivity index (χ0) is 12.8. The molecule has 0 amide bonds. The van der Waals surface area contributed by atoms with E-state index in [1.807, 2.05) is 18.2 Å². The largest absolute Gasteiger partial charge is 0.376 e. The summed E-state index contributed by atoms with van der Waals surface area (Å²) in [4.78, 5) is 1.19. The maximum absolute atomic E-state index is 5.54. The van der Waals surface area contributed by atoms with Crippen LogP contribution in [0.25, 0.3) is 0 Å². The third-order valence-corrected chi connectivity index (χ3v) is 3.91. The van der Waals surface area contributed by atoms with Crippen LogP contribution in [-0.4, -0.2) is 30.6 Å². The molecule has 0 radical (unpaired) electrons. The first kappa shape index (κ1) is 13.6. The van der Waals surface area contributed by atoms with E-state index in [9.17, 15) is 0 Å². The topological polar surface area (TPSA) is 33.3 Å². The number of anilines is 1. The second-order valence-electron chi connectivity index (χ2n) is 4.17. The van der Waals surface area contributed by atoms with E-state index in [1.54, 1.807) is 11.8 Å². The molecule has 3 nitrogen and oxygen atoms in total. The fourth-order valence-electron chi connectivity index (χ4n) is 1.93. The van der Waals surface area contributed by atoms with E-state index in [4.69, 9.17) is 17.0 Å². The molecule has 18 heavy (non-hydrogen) atoms. The summed E-state index contributed by atoms with van der Waals surface area (Å²) in [6, 6.07) is 8.15. The van der Waals surface area contributed by atoms with E-state index < -0.39 is 0 Å². The van der Waals surface area contributed by atoms with Crippen molar-refractivity contribution < 1.29 is 4.74 Å². The van der Waals surface area contributed by atoms with Gasteiger partial charge in [-0.05, 0) is 43.4 Å². The zero-order valence-electron chi connectivity index (χ0n) is 10.4. The Bertz CT molecular complexity index is 406. The van der Waals surface area contributed by atoms with Gasteiger partial charge < -0.3 is 15.4 Å². The summed E-state index contributed by atoms with van der Waals surface area (Å²) < 4.78 is 5.54. The number of thiocarbonyl (C=S) groups is 1. The van der Waals surface area contributed by atoms with Gasteiger partial charge in [-0.15, -0.1) is 11.8 Å². The standard InChI is InChI=1S/C13H18N2OS2/c1-18-12-7-3-2-6-11(12)15-13(17)14-9-10-5-4-8-16-10/h2-3,6-7,10H,4-5,8-9H2,1H3,(H2,14,15,17). The Hall–Kier alpha value is -0.780. The number of hydrogen-bond acceptors (Lipinski definition) is 3. The van der Waals surface area contributed by atoms with Crippen molar-refractivity contribution in [2.45, 2.75) is 23.8 Å². The summed E-state index contributed by atoms with van der Waals surface area (Å²) in [7, 11) is 0. The van der Waals surface area contributed by atoms with Crippen molar-refractivity contribution >= 4 is 34.8 Å². The summed E-state index contributed by atoms with van der Waals surface area (Å²) in [6.07, 6.45) is 4.64. The van der Waals surface area contributed by atoms with Gasteiger partial charge in [-0.1, -0.05) is 12.1 Å². The molecule has 0 spiro atoms. The predicted octanol–water partition coefficient (Wildman–Crippen LogP) is 2.87. The highest BCUT2D eigenvalue weighted by Crippen LogP contribution is 2.24. The fraction of sp³-hybridized carbons (Fsp3) is 0.462. The highest BCUT2D eigenvalue weighted by Gasteiger charge is 2.15. The van der Waals surface area contributed by atoms with Gasteiger partial charge in [0, 0.05) is 18.0 Å². The van der Waals surface area contributed by atoms with E-state index in [-0.39, 0.29) is 0 Å². The minimum absolute atomic E-state index is 0.306. The zero-order valence-corrected chi connectivity index (χ0v) is 12.1. The van der Waals surface area contributed by atoms with Crippen molar-refractivity contribution in [2.75, 3.05) is 24.7 Å². The number of nitrogens with one attached hydrogen (secondary N) is 2. The van der Waals surface area contributed by atoms with Gasteiger partial charge in [0.15, 0.2) is 5.11 Å². The molecule has 1 heterocycles. The molecule has 98 valence electrons. The molecular formula is C13H18N2OS2. The van der Waals surface area contributed by atoms with Gasteiger partial charge in [-0.2, -0.15) is 0 Å². The van der Waals surface area contributed by atoms with Crippen LogP contribution in [0.4, 0.5) is 5.69 Å². The first-order valence-corrected chi connectivity index (χ1v) is 7.72. The van der Waals surface area contributed by atoms with Crippen LogP contribution in [0.5, 0.6) is 0 Å². The number of thioether (sulfide) groups is 1. The minimum atomic E-state index is 0.306. The molecular weight excluding hydrogens is 264 g/mol. The van der Waals surface area contributed by atoms with Gasteiger partial charge >= 0.3 is 0 Å². The number of rotatable bonds is 4. The SMILES string of the molecule is CSc1ccccc1NC(=S)NCC1CCCO1. The molecule has 1 aromatic rings. The quantitative estimate of drug-likeness (QED) is 0.655. The average Bonchev–Trinajstić information content (AvgIpc) is 2.90. The Morgan fingerprint density at radius 1 is 1.50 bits per heavy atom. The van der Waals surface area contributed by atoms with E-state index in [0.29, 0.717) is 11.2 Å². The van der Waals surface area contributed by atoms with Gasteiger partial charge in [0.2, 0.25) is 0 Å². The molecule has 0 bridgehead atoms. The first-order chi connectivity index (χ1) is 8.79. The van der Waals surface area contributed by atoms with Crippen molar-refractivity contribution in [1.82, 2.24) is 5.32 Å². The lowest BCUT2D eigenvalue weighted by Gasteiger charge is -2.15. The van der Waals surface area contributed by atoms with Crippen LogP contribution in [0.15, 0.2) is 29.2 Å². The molecule has 1 saturated heterocycles. The Morgan fingerprint density at radius 2 is 2.33 bits per heavy atom. The molecule has 2 rings (SSSR count). The molecule has 1 unspecified atom stereocenters. The van der Waals surface area contributed by atoms with E-state index in [2.05, 4.69) is 23.0 Å². The van der Waals surface area contributed by atoms with Gasteiger partial charge in [-0.25, -0.2) is 0 Å². The first-order valence-electron chi connectivity index (χ1n) is 6.09. The van der Waals surface area contributed by atoms with E-state index in [1.165, 1.54) is 4.90 Å². The summed E-state index contributed by atoms with van der Waals surface area (Å²) in [5.74, 6) is 0. The molecule has 1 atom stereocenters. The maximum Gasteiger partial charge on any atom is 0.170 e. The Balaban J connectivity index is 1.82. The maximum atomic E-state index is 5.54. The fourth-order valence-corrected chi connectivity index (χ4v) is 2.67. The molecule has 1 aliphatic rings. The third-order valence-electron chi connectivity index (χ3n) is 2.87. The highest BCUT2D eigenvalue weighted by molar-refractivity contribution is 7.98. The molecule has 5 heteroatoms. The Morgan fingerprint density at radius 3 is 3.06 bits per heavy atom. The number of benzene rings is 1. The monoisotopic (exact) mass is 282 g/mol. The highest BCUT2D eigenvalue weighted by atomic mass is 32.2. The molecule has 0 aromatic heterocycles. The van der Waals surface area contributed by atoms with E-state index in [0.717, 1.165) is 31.7 Å². The van der Waals surface area contributed by atoms with Crippen LogP contribution in [0, 0.1) is 0 Å². The van der Waals surface area contributed by atoms with Gasteiger partial charge in [0.1, 0.15) is 0 Å². The van der Waals surface area contributed by atoms with Crippen LogP contribution >= 0.6 is 24.0 Å². The third kappa shape index (κ3) is 3.86. The number of hydrogen-bond donors (Lipinski definition) is 2. The molecule has 1 aliphatic heterocycles. The lowest BCUT2D eigenvalue weighted by molar-refractivity contribution is 0.114. The second kappa shape index (κ2) is 6.97. The average molecular weight is 282 g/mol. The minimum Gasteiger partial charge on any atom is -0.376 e. The smallest absolute Gasteiger partial charge is 0.170 e. The van der Waals surface area contributed by atoms with Crippen LogP contribution in [0.3, 0.4) is 0 Å². The summed E-state index contributed by atoms with van der Waals surface area (Å²) in [5.41, 5.74) is 1.05. The van der Waals surface area contributed by atoms with Crippen LogP contribution in [0.2, 0.25) is 0 Å². The van der Waals surface area contributed by atoms with E-state index >= 15 is 0 Å². The molecule has 2 N–H and O–H groups in total. The van der Waals surface area contributed by atoms with Crippen LogP contribution < -0.4 is 10.6 Å². The summed E-state index contributed by atoms with van der Waals surface area (Å²) >= 11 is 7.00. The van der Waals surface area contributed by atoms with Crippen LogP contribution in [0.1, 0.15) is 12.8 Å². The molecule has 0 aliphatic carbocycles. The second-order valence-corrected chi connectivity index (χ2v) is 5.43. The Labute approximate surface area is 118 Å². The lowest BCUT2D eigenvalue weighted by Crippen LogP contribution is -2.34. The van der Waals surface area contributed by atoms with Crippen LogP contribution in [-0.2, 0) is 4.74 Å². The molecule has 1 aromatic carbocycles. The molecule has 1 fully saturated rings. The summed E-state index contributed by atoms with van der Waals surface area (Å²) in [5, 5.41) is 7.10. The number of ether oxygens (including phenoxy) is 1. The van der Waals surface area contributed by atoms with Crippen molar-refractivity contribution in [3.63, 3.8) is 0 Å².